The van der Waals surface area contributed by atoms with Crippen LogP contribution in [0.15, 0.2) is 12.1 Å². The summed E-state index contributed by atoms with van der Waals surface area (Å²) < 4.78 is 1.33. The molecule has 1 unspecified atom stereocenters. The maximum atomic E-state index is 9.14. The van der Waals surface area contributed by atoms with Crippen molar-refractivity contribution in [3.8, 4) is 0 Å². The first kappa shape index (κ1) is 13.3. The molecule has 0 spiro atoms. The molecule has 1 atom stereocenters. The minimum atomic E-state index is -1.63. The molecule has 1 rings (SSSR count). The summed E-state index contributed by atoms with van der Waals surface area (Å²) in [6.07, 6.45) is 0.211. The summed E-state index contributed by atoms with van der Waals surface area (Å²) in [4.78, 5) is 0. The maximum absolute atomic E-state index is 9.14. The van der Waals surface area contributed by atoms with Gasteiger partial charge >= 0.3 is 7.12 Å². The summed E-state index contributed by atoms with van der Waals surface area (Å²) in [5, 5.41) is 18.6. The molecule has 0 radical (unpaired) electrons. The van der Waals surface area contributed by atoms with Crippen molar-refractivity contribution in [2.24, 2.45) is 5.84 Å². The van der Waals surface area contributed by atoms with Crippen molar-refractivity contribution < 1.29 is 10.0 Å². The summed E-state index contributed by atoms with van der Waals surface area (Å²) >= 11 is 7.87. The van der Waals surface area contributed by atoms with Gasteiger partial charge in [0.05, 0.1) is 22.8 Å². The Labute approximate surface area is 107 Å². The number of nitrogens with two attached hydrogens (primary N) is 2. The molecule has 0 heterocycles. The monoisotopic (exact) mass is 359 g/mol. The van der Waals surface area contributed by atoms with E-state index in [1.807, 2.05) is 0 Å². The van der Waals surface area contributed by atoms with Gasteiger partial charge in [0.15, 0.2) is 0 Å². The third-order valence-corrected chi connectivity index (χ3v) is 4.10. The molecule has 0 bridgehead atoms. The normalized spacial score (nSPS) is 11.0. The Balaban J connectivity index is 3.35. The van der Waals surface area contributed by atoms with E-state index < -0.39 is 7.12 Å². The highest BCUT2D eigenvalue weighted by atomic mass is 127. The molecule has 1 aromatic carbocycles. The van der Waals surface area contributed by atoms with Crippen LogP contribution >= 0.6 is 40.0 Å². The number of halogens is 2. The number of nitrogen functional groups attached to an aromatic ring is 1. The second kappa shape index (κ2) is 5.52. The lowest BCUT2D eigenvalue weighted by molar-refractivity contribution is 0.426. The fraction of sp³-hybridized carbons (Fsp3) is 0. The number of rotatable bonds is 3. The van der Waals surface area contributed by atoms with Crippen molar-refractivity contribution in [3.63, 3.8) is 0 Å². The Morgan fingerprint density at radius 3 is 2.53 bits per heavy atom. The zero-order valence-electron chi connectivity index (χ0n) is 7.48. The number of nitrogens with zero attached hydrogens (tertiary/aromatic N) is 1. The van der Waals surface area contributed by atoms with Crippen LogP contribution in [-0.2, 0) is 0 Å². The Morgan fingerprint density at radius 1 is 1.47 bits per heavy atom. The second-order valence-corrected chi connectivity index (χ2v) is 5.23. The molecular formula is C6H9BClIN3O2P. The van der Waals surface area contributed by atoms with Crippen LogP contribution < -0.4 is 21.8 Å². The summed E-state index contributed by atoms with van der Waals surface area (Å²) in [5.41, 5.74) is 6.56. The zero-order chi connectivity index (χ0) is 11.6. The van der Waals surface area contributed by atoms with Gasteiger partial charge in [0, 0.05) is 5.46 Å². The van der Waals surface area contributed by atoms with Crippen molar-refractivity contribution >= 4 is 64.0 Å². The molecule has 9 heteroatoms. The predicted molar refractivity (Wildman–Crippen MR) is 74.7 cm³/mol. The van der Waals surface area contributed by atoms with Gasteiger partial charge in [0.25, 0.3) is 0 Å². The van der Waals surface area contributed by atoms with E-state index >= 15 is 0 Å². The molecule has 1 aromatic rings. The first-order valence-electron chi connectivity index (χ1n) is 3.84. The average Bonchev–Trinajstić information content (AvgIpc) is 2.20. The van der Waals surface area contributed by atoms with Crippen LogP contribution in [0, 0.1) is 0 Å². The van der Waals surface area contributed by atoms with Crippen LogP contribution in [0.5, 0.6) is 0 Å². The van der Waals surface area contributed by atoms with Gasteiger partial charge in [-0.25, -0.2) is 5.84 Å². The Bertz CT molecular complexity index is 370. The van der Waals surface area contributed by atoms with Crippen LogP contribution in [0.3, 0.4) is 0 Å². The lowest BCUT2D eigenvalue weighted by Gasteiger charge is -2.21. The fourth-order valence-corrected chi connectivity index (χ4v) is 2.33. The minimum Gasteiger partial charge on any atom is -0.423 e. The first-order chi connectivity index (χ1) is 6.99. The van der Waals surface area contributed by atoms with Crippen LogP contribution in [0.25, 0.3) is 0 Å². The van der Waals surface area contributed by atoms with Crippen molar-refractivity contribution in [2.45, 2.75) is 0 Å². The summed E-state index contributed by atoms with van der Waals surface area (Å²) in [6.45, 7) is 0. The highest BCUT2D eigenvalue weighted by Crippen LogP contribution is 2.35. The predicted octanol–water partition coefficient (Wildman–Crippen LogP) is 0.226. The van der Waals surface area contributed by atoms with Crippen molar-refractivity contribution in [3.05, 3.63) is 17.2 Å². The summed E-state index contributed by atoms with van der Waals surface area (Å²) in [7, 11) is -1.63. The molecule has 82 valence electrons. The van der Waals surface area contributed by atoms with Crippen molar-refractivity contribution in [1.29, 1.82) is 0 Å². The molecule has 0 fully saturated rings. The van der Waals surface area contributed by atoms with Gasteiger partial charge in [-0.15, -0.1) is 0 Å². The molecule has 15 heavy (non-hydrogen) atoms. The number of hydrazine groups is 1. The quantitative estimate of drug-likeness (QED) is 0.155. The highest BCUT2D eigenvalue weighted by molar-refractivity contribution is 14.2. The number of benzene rings is 1. The van der Waals surface area contributed by atoms with Gasteiger partial charge < -0.3 is 15.8 Å². The Morgan fingerprint density at radius 2 is 2.07 bits per heavy atom. The van der Waals surface area contributed by atoms with Crippen molar-refractivity contribution in [2.75, 3.05) is 10.5 Å². The van der Waals surface area contributed by atoms with E-state index in [0.717, 1.165) is 0 Å². The largest absolute Gasteiger partial charge is 0.490 e. The van der Waals surface area contributed by atoms with E-state index in [1.54, 1.807) is 0 Å². The molecular weight excluding hydrogens is 350 g/mol. The molecule has 0 aliphatic carbocycles. The van der Waals surface area contributed by atoms with E-state index in [-0.39, 0.29) is 17.5 Å². The van der Waals surface area contributed by atoms with Crippen LogP contribution in [0.2, 0.25) is 5.02 Å². The van der Waals surface area contributed by atoms with Crippen LogP contribution in [0.4, 0.5) is 11.4 Å². The van der Waals surface area contributed by atoms with Crippen molar-refractivity contribution in [1.82, 2.24) is 0 Å². The molecule has 0 aliphatic rings. The van der Waals surface area contributed by atoms with Gasteiger partial charge in [-0.3, -0.25) is 4.78 Å². The number of hydrogen-bond acceptors (Lipinski definition) is 5. The molecule has 0 aliphatic heterocycles. The van der Waals surface area contributed by atoms with E-state index in [4.69, 9.17) is 33.2 Å². The zero-order valence-corrected chi connectivity index (χ0v) is 11.4. The summed E-state index contributed by atoms with van der Waals surface area (Å²) in [6, 6.07) is 2.98. The lowest BCUT2D eigenvalue weighted by atomic mass is 9.78. The number of hydrogen-bond donors (Lipinski definition) is 4. The highest BCUT2D eigenvalue weighted by Gasteiger charge is 2.22. The minimum absolute atomic E-state index is 0.211. The third-order valence-electron chi connectivity index (χ3n) is 1.81. The average molecular weight is 359 g/mol. The maximum Gasteiger partial charge on any atom is 0.490 e. The van der Waals surface area contributed by atoms with E-state index in [0.29, 0.717) is 10.7 Å². The van der Waals surface area contributed by atoms with Gasteiger partial charge in [-0.05, 0) is 28.1 Å². The first-order valence-corrected chi connectivity index (χ1v) is 8.28. The van der Waals surface area contributed by atoms with Crippen LogP contribution in [0.1, 0.15) is 0 Å². The van der Waals surface area contributed by atoms with E-state index in [9.17, 15) is 0 Å². The standard InChI is InChI=1S/C6H9BClIN3O2P/c8-4-2-1-3(7(13)14)6(5(4)10)12(11)15-9/h1-2,13-15H,10-11H2. The molecule has 0 saturated heterocycles. The summed E-state index contributed by atoms with van der Waals surface area (Å²) in [5.74, 6) is 5.68. The van der Waals surface area contributed by atoms with Gasteiger partial charge in [-0.1, -0.05) is 17.7 Å². The van der Waals surface area contributed by atoms with Crippen LogP contribution in [-0.4, -0.2) is 17.2 Å². The Hall–Kier alpha value is 0.215. The molecule has 5 nitrogen and oxygen atoms in total. The van der Waals surface area contributed by atoms with Gasteiger partial charge in [0.2, 0.25) is 0 Å². The molecule has 0 amide bonds. The van der Waals surface area contributed by atoms with Gasteiger partial charge in [-0.2, -0.15) is 0 Å². The topological polar surface area (TPSA) is 95.7 Å². The SMILES string of the molecule is Nc1c(Cl)ccc(B(O)O)c1N(N)PI. The number of anilines is 2. The van der Waals surface area contributed by atoms with Gasteiger partial charge in [0.1, 0.15) is 0 Å². The fourth-order valence-electron chi connectivity index (χ4n) is 1.12. The van der Waals surface area contributed by atoms with E-state index in [2.05, 4.69) is 22.0 Å². The molecule has 0 aromatic heterocycles. The Kier molecular flexibility index (Phi) is 4.88. The lowest BCUT2D eigenvalue weighted by Crippen LogP contribution is -2.37. The molecule has 0 saturated carbocycles. The second-order valence-electron chi connectivity index (χ2n) is 2.73. The third kappa shape index (κ3) is 2.86. The molecule has 6 N–H and O–H groups in total. The van der Waals surface area contributed by atoms with E-state index in [1.165, 1.54) is 16.9 Å². The smallest absolute Gasteiger partial charge is 0.423 e.